The van der Waals surface area contributed by atoms with Gasteiger partial charge in [0.25, 0.3) is 11.8 Å². The minimum atomic E-state index is -1.19. The van der Waals surface area contributed by atoms with Crippen LogP contribution in [0.2, 0.25) is 13.3 Å². The first-order chi connectivity index (χ1) is 14.9. The van der Waals surface area contributed by atoms with E-state index >= 15 is 0 Å². The summed E-state index contributed by atoms with van der Waals surface area (Å²) in [5.74, 6) is -2.35. The Morgan fingerprint density at radius 3 is 1.71 bits per heavy atom. The van der Waals surface area contributed by atoms with Gasteiger partial charge in [-0.15, -0.1) is 0 Å². The molecule has 2 rings (SSSR count). The zero-order valence-electron chi connectivity index (χ0n) is 19.3. The van der Waals surface area contributed by atoms with E-state index in [1.54, 1.807) is 37.6 Å². The summed E-state index contributed by atoms with van der Waals surface area (Å²) in [7, 11) is 0. The monoisotopic (exact) mass is 536 g/mol. The number of carboxylic acid groups (broad SMARTS) is 1. The van der Waals surface area contributed by atoms with Crippen molar-refractivity contribution in [3.05, 3.63) is 48.0 Å². The SMILES string of the molecule is CCC[CH2][Sn]([CH2]CCC)[CH2]CCC.O=C(O)C(Cc1ccccc1)N1C(=O)C=CC1=O. The molecule has 1 aromatic carbocycles. The van der Waals surface area contributed by atoms with Crippen molar-refractivity contribution in [3.8, 4) is 0 Å². The normalized spacial score (nSPS) is 14.0. The van der Waals surface area contributed by atoms with Crippen LogP contribution in [-0.4, -0.2) is 53.6 Å². The molecule has 1 N–H and O–H groups in total. The van der Waals surface area contributed by atoms with E-state index in [0.29, 0.717) is 0 Å². The summed E-state index contributed by atoms with van der Waals surface area (Å²) in [5, 5.41) is 9.16. The molecule has 6 heteroatoms. The summed E-state index contributed by atoms with van der Waals surface area (Å²) in [6.45, 7) is 7.00. The van der Waals surface area contributed by atoms with Crippen LogP contribution in [0.3, 0.4) is 0 Å². The van der Waals surface area contributed by atoms with Crippen molar-refractivity contribution < 1.29 is 19.5 Å². The van der Waals surface area contributed by atoms with E-state index in [0.717, 1.165) is 22.6 Å². The van der Waals surface area contributed by atoms with Gasteiger partial charge in [-0.2, -0.15) is 0 Å². The molecular weight excluding hydrogens is 497 g/mol. The molecule has 0 aromatic heterocycles. The summed E-state index contributed by atoms with van der Waals surface area (Å²) in [5.41, 5.74) is 0.761. The summed E-state index contributed by atoms with van der Waals surface area (Å²) in [4.78, 5) is 34.9. The van der Waals surface area contributed by atoms with Crippen LogP contribution in [-0.2, 0) is 20.8 Å². The maximum atomic E-state index is 11.5. The van der Waals surface area contributed by atoms with Crippen LogP contribution in [0.4, 0.5) is 0 Å². The second-order valence-corrected chi connectivity index (χ2v) is 16.5. The molecule has 0 aliphatic carbocycles. The van der Waals surface area contributed by atoms with E-state index in [1.807, 2.05) is 6.07 Å². The Morgan fingerprint density at radius 2 is 1.32 bits per heavy atom. The van der Waals surface area contributed by atoms with Gasteiger partial charge in [-0.3, -0.25) is 14.5 Å². The van der Waals surface area contributed by atoms with Crippen LogP contribution < -0.4 is 0 Å². The average molecular weight is 535 g/mol. The fourth-order valence-electron chi connectivity index (χ4n) is 3.50. The fourth-order valence-corrected chi connectivity index (χ4v) is 12.9. The third-order valence-electron chi connectivity index (χ3n) is 5.36. The summed E-state index contributed by atoms with van der Waals surface area (Å²) >= 11 is -0.839. The number of hydrogen-bond acceptors (Lipinski definition) is 3. The Kier molecular flexibility index (Phi) is 14.2. The van der Waals surface area contributed by atoms with E-state index in [4.69, 9.17) is 5.11 Å². The fraction of sp³-hybridized carbons (Fsp3) is 0.560. The summed E-state index contributed by atoms with van der Waals surface area (Å²) in [6, 6.07) is 7.72. The van der Waals surface area contributed by atoms with Crippen molar-refractivity contribution in [2.45, 2.75) is 85.1 Å². The molecule has 0 spiro atoms. The van der Waals surface area contributed by atoms with E-state index in [9.17, 15) is 14.4 Å². The van der Waals surface area contributed by atoms with Crippen molar-refractivity contribution >= 4 is 37.5 Å². The van der Waals surface area contributed by atoms with Crippen LogP contribution in [0.15, 0.2) is 42.5 Å². The first-order valence-electron chi connectivity index (χ1n) is 11.6. The van der Waals surface area contributed by atoms with Crippen LogP contribution in [0.1, 0.15) is 64.9 Å². The van der Waals surface area contributed by atoms with E-state index in [1.165, 1.54) is 38.5 Å². The van der Waals surface area contributed by atoms with Crippen molar-refractivity contribution in [2.24, 2.45) is 0 Å². The first kappa shape index (κ1) is 27.4. The zero-order chi connectivity index (χ0) is 23.1. The van der Waals surface area contributed by atoms with Gasteiger partial charge in [0.2, 0.25) is 0 Å². The zero-order valence-corrected chi connectivity index (χ0v) is 22.2. The Balaban J connectivity index is 0.000000330. The maximum absolute atomic E-state index is 11.5. The van der Waals surface area contributed by atoms with E-state index < -0.39 is 43.6 Å². The standard InChI is InChI=1S/C13H11NO4.3C4H9.Sn/c15-11-6-7-12(16)14(11)10(13(17)18)8-9-4-2-1-3-5-9;3*1-3-4-2;/h1-7,10H,8H2,(H,17,18);3*1,3-4H2,2H3;. The molecule has 1 aromatic rings. The smallest absolute Gasteiger partial charge is 0.327 e. The molecule has 0 fully saturated rings. The van der Waals surface area contributed by atoms with Crippen molar-refractivity contribution in [3.63, 3.8) is 0 Å². The van der Waals surface area contributed by atoms with Crippen molar-refractivity contribution in [1.82, 2.24) is 4.90 Å². The minimum absolute atomic E-state index is 0.106. The number of unbranched alkanes of at least 4 members (excludes halogenated alkanes) is 3. The minimum Gasteiger partial charge on any atom is -0.480 e. The van der Waals surface area contributed by atoms with Gasteiger partial charge in [-0.1, -0.05) is 30.3 Å². The third kappa shape index (κ3) is 10.5. The molecule has 0 saturated carbocycles. The number of nitrogens with zero attached hydrogens (tertiary/aromatic N) is 1. The number of imide groups is 1. The van der Waals surface area contributed by atoms with Gasteiger partial charge in [0.1, 0.15) is 6.04 Å². The number of rotatable bonds is 13. The molecular formula is C25H38NO4Sn. The quantitative estimate of drug-likeness (QED) is 0.268. The van der Waals surface area contributed by atoms with Crippen molar-refractivity contribution in [2.75, 3.05) is 0 Å². The number of carbonyl (C=O) groups excluding carboxylic acids is 2. The summed E-state index contributed by atoms with van der Waals surface area (Å²) < 4.78 is 5.04. The van der Waals surface area contributed by atoms with E-state index in [-0.39, 0.29) is 6.42 Å². The van der Waals surface area contributed by atoms with Crippen molar-refractivity contribution in [1.29, 1.82) is 0 Å². The molecule has 171 valence electrons. The van der Waals surface area contributed by atoms with Gasteiger partial charge >= 0.3 is 98.3 Å². The molecule has 0 bridgehead atoms. The van der Waals surface area contributed by atoms with Gasteiger partial charge < -0.3 is 5.11 Å². The average Bonchev–Trinajstić information content (AvgIpc) is 3.10. The summed E-state index contributed by atoms with van der Waals surface area (Å²) in [6.07, 6.45) is 11.1. The van der Waals surface area contributed by atoms with Gasteiger partial charge in [0.15, 0.2) is 0 Å². The predicted octanol–water partition coefficient (Wildman–Crippen LogP) is 5.49. The molecule has 31 heavy (non-hydrogen) atoms. The van der Waals surface area contributed by atoms with Gasteiger partial charge in [-0.05, 0) is 5.56 Å². The second-order valence-electron chi connectivity index (χ2n) is 7.98. The number of aliphatic carboxylic acids is 1. The molecule has 1 radical (unpaired) electrons. The maximum Gasteiger partial charge on any atom is 0.327 e. The Labute approximate surface area is 194 Å². The number of hydrogen-bond donors (Lipinski definition) is 1. The molecule has 1 heterocycles. The molecule has 1 aliphatic rings. The predicted molar refractivity (Wildman–Crippen MR) is 127 cm³/mol. The molecule has 5 nitrogen and oxygen atoms in total. The van der Waals surface area contributed by atoms with Crippen LogP contribution in [0.5, 0.6) is 0 Å². The largest absolute Gasteiger partial charge is 0.480 e. The number of amides is 2. The number of benzene rings is 1. The van der Waals surface area contributed by atoms with Gasteiger partial charge in [0.05, 0.1) is 0 Å². The Bertz CT molecular complexity index is 668. The third-order valence-corrected chi connectivity index (χ3v) is 14.4. The van der Waals surface area contributed by atoms with Crippen LogP contribution >= 0.6 is 0 Å². The molecule has 1 aliphatic heterocycles. The molecule has 1 atom stereocenters. The topological polar surface area (TPSA) is 74.7 Å². The van der Waals surface area contributed by atoms with E-state index in [2.05, 4.69) is 20.8 Å². The number of carbonyl (C=O) groups is 3. The first-order valence-corrected chi connectivity index (χ1v) is 17.6. The van der Waals surface area contributed by atoms with Crippen LogP contribution in [0, 0.1) is 0 Å². The molecule has 1 unspecified atom stereocenters. The van der Waals surface area contributed by atoms with Gasteiger partial charge in [0, 0.05) is 18.6 Å². The Hall–Kier alpha value is -1.63. The number of carboxylic acids is 1. The van der Waals surface area contributed by atoms with Crippen LogP contribution in [0.25, 0.3) is 0 Å². The molecule has 2 amide bonds. The second kappa shape index (κ2) is 16.1. The van der Waals surface area contributed by atoms with Gasteiger partial charge in [-0.25, -0.2) is 4.79 Å². The molecule has 0 saturated heterocycles. The Morgan fingerprint density at radius 1 is 0.871 bits per heavy atom.